The Balaban J connectivity index is 3.07. The predicted molar refractivity (Wildman–Crippen MR) is 73.5 cm³/mol. The lowest BCUT2D eigenvalue weighted by atomic mass is 10.1. The Morgan fingerprint density at radius 3 is 2.00 bits per heavy atom. The average molecular weight is 223 g/mol. The topological polar surface area (TPSA) is 12.0 Å². The van der Waals surface area contributed by atoms with Crippen LogP contribution in [0.5, 0.6) is 0 Å². The standard InChI is InChI=1S/C15H29N/c1-4-7-8-9-10-11-12-13-14-16-15(5-2)6-3/h2,15-16H,4,6-14H2,1,3H3. The first kappa shape index (κ1) is 15.5. The minimum atomic E-state index is 0.282. The molecule has 0 bridgehead atoms. The van der Waals surface area contributed by atoms with E-state index in [-0.39, 0.29) is 6.04 Å². The molecule has 0 spiro atoms. The summed E-state index contributed by atoms with van der Waals surface area (Å²) in [7, 11) is 0. The fraction of sp³-hybridized carbons (Fsp3) is 0.867. The summed E-state index contributed by atoms with van der Waals surface area (Å²) >= 11 is 0. The van der Waals surface area contributed by atoms with Gasteiger partial charge < -0.3 is 5.32 Å². The van der Waals surface area contributed by atoms with Gasteiger partial charge in [-0.2, -0.15) is 0 Å². The second-order valence-electron chi connectivity index (χ2n) is 4.56. The van der Waals surface area contributed by atoms with E-state index >= 15 is 0 Å². The van der Waals surface area contributed by atoms with Crippen molar-refractivity contribution in [1.29, 1.82) is 0 Å². The van der Waals surface area contributed by atoms with Crippen molar-refractivity contribution in [3.63, 3.8) is 0 Å². The van der Waals surface area contributed by atoms with Gasteiger partial charge in [0.15, 0.2) is 0 Å². The summed E-state index contributed by atoms with van der Waals surface area (Å²) in [5.41, 5.74) is 0. The number of nitrogens with one attached hydrogen (secondary N) is 1. The SMILES string of the molecule is C#CC(CC)NCCCCCCCCCC. The van der Waals surface area contributed by atoms with Gasteiger partial charge in [0.1, 0.15) is 0 Å². The van der Waals surface area contributed by atoms with E-state index in [1.165, 1.54) is 51.4 Å². The Morgan fingerprint density at radius 2 is 1.50 bits per heavy atom. The van der Waals surface area contributed by atoms with Gasteiger partial charge in [-0.05, 0) is 19.4 Å². The van der Waals surface area contributed by atoms with Gasteiger partial charge in [-0.3, -0.25) is 0 Å². The molecule has 0 aromatic rings. The zero-order chi connectivity index (χ0) is 12.1. The zero-order valence-corrected chi connectivity index (χ0v) is 11.2. The van der Waals surface area contributed by atoms with Crippen molar-refractivity contribution in [2.24, 2.45) is 0 Å². The summed E-state index contributed by atoms with van der Waals surface area (Å²) in [4.78, 5) is 0. The molecule has 1 heteroatoms. The lowest BCUT2D eigenvalue weighted by Gasteiger charge is -2.09. The van der Waals surface area contributed by atoms with E-state index in [0.717, 1.165) is 13.0 Å². The van der Waals surface area contributed by atoms with Gasteiger partial charge in [0.2, 0.25) is 0 Å². The molecule has 0 fully saturated rings. The molecule has 0 heterocycles. The van der Waals surface area contributed by atoms with Gasteiger partial charge in [-0.25, -0.2) is 0 Å². The first-order valence-electron chi connectivity index (χ1n) is 7.04. The second kappa shape index (κ2) is 12.6. The first-order chi connectivity index (χ1) is 7.85. The summed E-state index contributed by atoms with van der Waals surface area (Å²) in [6, 6.07) is 0.282. The van der Waals surface area contributed by atoms with E-state index < -0.39 is 0 Å². The summed E-state index contributed by atoms with van der Waals surface area (Å²) < 4.78 is 0. The maximum absolute atomic E-state index is 5.38. The van der Waals surface area contributed by atoms with Crippen LogP contribution < -0.4 is 5.32 Å². The molecule has 0 aromatic carbocycles. The third-order valence-corrected chi connectivity index (χ3v) is 3.03. The van der Waals surface area contributed by atoms with Crippen LogP contribution >= 0.6 is 0 Å². The second-order valence-corrected chi connectivity index (χ2v) is 4.56. The van der Waals surface area contributed by atoms with Gasteiger partial charge in [0.05, 0.1) is 6.04 Å². The van der Waals surface area contributed by atoms with E-state index in [1.807, 2.05) is 0 Å². The van der Waals surface area contributed by atoms with E-state index in [1.54, 1.807) is 0 Å². The molecule has 0 aliphatic carbocycles. The lowest BCUT2D eigenvalue weighted by Crippen LogP contribution is -2.27. The third-order valence-electron chi connectivity index (χ3n) is 3.03. The highest BCUT2D eigenvalue weighted by atomic mass is 14.9. The van der Waals surface area contributed by atoms with E-state index in [0.29, 0.717) is 0 Å². The van der Waals surface area contributed by atoms with Crippen molar-refractivity contribution in [2.45, 2.75) is 77.7 Å². The normalized spacial score (nSPS) is 12.3. The van der Waals surface area contributed by atoms with Crippen molar-refractivity contribution < 1.29 is 0 Å². The monoisotopic (exact) mass is 223 g/mol. The molecule has 0 amide bonds. The van der Waals surface area contributed by atoms with Crippen molar-refractivity contribution in [2.75, 3.05) is 6.54 Å². The van der Waals surface area contributed by atoms with Crippen LogP contribution in [0, 0.1) is 12.3 Å². The smallest absolute Gasteiger partial charge is 0.0684 e. The largest absolute Gasteiger partial charge is 0.304 e. The molecular weight excluding hydrogens is 194 g/mol. The third kappa shape index (κ3) is 10.1. The lowest BCUT2D eigenvalue weighted by molar-refractivity contribution is 0.531. The highest BCUT2D eigenvalue weighted by Gasteiger charge is 1.98. The fourth-order valence-electron chi connectivity index (χ4n) is 1.86. The predicted octanol–water partition coefficient (Wildman–Crippen LogP) is 4.13. The number of hydrogen-bond donors (Lipinski definition) is 1. The van der Waals surface area contributed by atoms with Gasteiger partial charge in [0, 0.05) is 0 Å². The minimum Gasteiger partial charge on any atom is -0.304 e. The van der Waals surface area contributed by atoms with E-state index in [2.05, 4.69) is 25.1 Å². The maximum Gasteiger partial charge on any atom is 0.0684 e. The van der Waals surface area contributed by atoms with Crippen LogP contribution in [0.15, 0.2) is 0 Å². The molecular formula is C15H29N. The van der Waals surface area contributed by atoms with Gasteiger partial charge in [0.25, 0.3) is 0 Å². The molecule has 1 atom stereocenters. The molecule has 16 heavy (non-hydrogen) atoms. The van der Waals surface area contributed by atoms with Crippen LogP contribution in [-0.4, -0.2) is 12.6 Å². The van der Waals surface area contributed by atoms with Crippen molar-refractivity contribution in [3.05, 3.63) is 0 Å². The van der Waals surface area contributed by atoms with Gasteiger partial charge in [-0.15, -0.1) is 6.42 Å². The number of terminal acetylenes is 1. The average Bonchev–Trinajstić information content (AvgIpc) is 2.32. The molecule has 0 aliphatic heterocycles. The molecule has 0 saturated carbocycles. The van der Waals surface area contributed by atoms with E-state index in [4.69, 9.17) is 6.42 Å². The summed E-state index contributed by atoms with van der Waals surface area (Å²) in [5, 5.41) is 3.39. The number of rotatable bonds is 11. The first-order valence-corrected chi connectivity index (χ1v) is 7.04. The minimum absolute atomic E-state index is 0.282. The molecule has 1 unspecified atom stereocenters. The highest BCUT2D eigenvalue weighted by Crippen LogP contribution is 2.07. The van der Waals surface area contributed by atoms with Crippen molar-refractivity contribution >= 4 is 0 Å². The van der Waals surface area contributed by atoms with Crippen molar-refractivity contribution in [1.82, 2.24) is 5.32 Å². The molecule has 1 N–H and O–H groups in total. The number of hydrogen-bond acceptors (Lipinski definition) is 1. The molecule has 1 nitrogen and oxygen atoms in total. The van der Waals surface area contributed by atoms with Gasteiger partial charge in [-0.1, -0.05) is 64.7 Å². The molecule has 0 saturated heterocycles. The molecule has 0 radical (unpaired) electrons. The number of unbranched alkanes of at least 4 members (excludes halogenated alkanes) is 7. The Kier molecular flexibility index (Phi) is 12.2. The highest BCUT2D eigenvalue weighted by molar-refractivity contribution is 4.97. The van der Waals surface area contributed by atoms with E-state index in [9.17, 15) is 0 Å². The van der Waals surface area contributed by atoms with Crippen LogP contribution in [0.2, 0.25) is 0 Å². The zero-order valence-electron chi connectivity index (χ0n) is 11.2. The Morgan fingerprint density at radius 1 is 0.938 bits per heavy atom. The summed E-state index contributed by atoms with van der Waals surface area (Å²) in [6.07, 6.45) is 17.4. The Hall–Kier alpha value is -0.480. The molecule has 0 aliphatic rings. The Labute approximate surface area is 102 Å². The molecule has 94 valence electrons. The summed E-state index contributed by atoms with van der Waals surface area (Å²) in [5.74, 6) is 2.77. The van der Waals surface area contributed by atoms with Crippen LogP contribution in [0.25, 0.3) is 0 Å². The fourth-order valence-corrected chi connectivity index (χ4v) is 1.86. The van der Waals surface area contributed by atoms with Crippen LogP contribution in [0.1, 0.15) is 71.6 Å². The maximum atomic E-state index is 5.38. The Bertz CT molecular complexity index is 169. The summed E-state index contributed by atoms with van der Waals surface area (Å²) in [6.45, 7) is 5.48. The van der Waals surface area contributed by atoms with Crippen molar-refractivity contribution in [3.8, 4) is 12.3 Å². The molecule has 0 rings (SSSR count). The van der Waals surface area contributed by atoms with Crippen LogP contribution in [0.4, 0.5) is 0 Å². The van der Waals surface area contributed by atoms with Gasteiger partial charge >= 0.3 is 0 Å². The van der Waals surface area contributed by atoms with Crippen LogP contribution in [-0.2, 0) is 0 Å². The van der Waals surface area contributed by atoms with Crippen LogP contribution in [0.3, 0.4) is 0 Å². The molecule has 0 aromatic heterocycles. The quantitative estimate of drug-likeness (QED) is 0.410.